The van der Waals surface area contributed by atoms with Crippen LogP contribution in [0.2, 0.25) is 0 Å². The predicted octanol–water partition coefficient (Wildman–Crippen LogP) is -3.71. The van der Waals surface area contributed by atoms with Crippen molar-refractivity contribution in [3.63, 3.8) is 0 Å². The fourth-order valence-electron chi connectivity index (χ4n) is 0. The molecule has 0 fully saturated rings. The summed E-state index contributed by atoms with van der Waals surface area (Å²) in [5, 5.41) is 0. The smallest absolute Gasteiger partial charge is 0.0675 e. The highest BCUT2D eigenvalue weighted by Crippen LogP contribution is 2.03. The van der Waals surface area contributed by atoms with Crippen molar-refractivity contribution in [3.05, 3.63) is 0 Å². The fraction of sp³-hybridized carbons (Fsp3) is 1.00. The minimum atomic E-state index is -5.39. The molecule has 0 aliphatic carbocycles. The van der Waals surface area contributed by atoms with Crippen molar-refractivity contribution in [2.24, 2.45) is 0 Å². The summed E-state index contributed by atoms with van der Waals surface area (Å²) in [6.07, 6.45) is 0. The van der Waals surface area contributed by atoms with Gasteiger partial charge >= 0.3 is 0 Å². The zero-order valence-corrected chi connectivity index (χ0v) is 32.6. The maximum absolute atomic E-state index is 8.55. The van der Waals surface area contributed by atoms with Gasteiger partial charge in [-0.25, -0.2) is 0 Å². The first-order valence-electron chi connectivity index (χ1n) is 12.2. The summed E-state index contributed by atoms with van der Waals surface area (Å²) in [5.41, 5.74) is 0. The molecule has 0 amide bonds. The number of hydrogen-bond acceptors (Lipinski definition) is 8. The zero-order chi connectivity index (χ0) is 36.0. The second-order valence-electron chi connectivity index (χ2n) is 17.0. The van der Waals surface area contributed by atoms with Crippen molar-refractivity contribution < 1.29 is 65.4 Å². The lowest BCUT2D eigenvalue weighted by molar-refractivity contribution is -0.849. The topological polar surface area (TPSA) is 172 Å². The molecule has 40 heavy (non-hydrogen) atoms. The van der Waals surface area contributed by atoms with Crippen LogP contribution in [-0.2, 0) is 9.13 Å². The third kappa shape index (κ3) is 130000000. The standard InChI is InChI=1S/6C4H12N.2H3O4P/c8*1-5(2,3)4/h6*1-4H3;2*(H3,1,2,3,4)/q6*+1;;/p-6. The Morgan fingerprint density at radius 3 is 0.250 bits per heavy atom. The molecule has 0 radical (unpaired) electrons. The highest BCUT2D eigenvalue weighted by Gasteiger charge is 1.90. The lowest BCUT2D eigenvalue weighted by Gasteiger charge is -2.36. The molecule has 0 aromatic heterocycles. The summed E-state index contributed by atoms with van der Waals surface area (Å²) in [7, 11) is 40.2. The molecule has 0 atom stereocenters. The second kappa shape index (κ2) is 24.4. The molecule has 0 aliphatic heterocycles. The second-order valence-corrected chi connectivity index (χ2v) is 18.8. The van der Waals surface area contributed by atoms with Crippen molar-refractivity contribution in [1.82, 2.24) is 0 Å². The van der Waals surface area contributed by atoms with E-state index >= 15 is 0 Å². The molecule has 0 heterocycles. The van der Waals surface area contributed by atoms with E-state index in [0.29, 0.717) is 0 Å². The first-order valence-corrected chi connectivity index (χ1v) is 15.1. The molecular formula is C24H72N6O8P2. The predicted molar refractivity (Wildman–Crippen MR) is 159 cm³/mol. The van der Waals surface area contributed by atoms with E-state index in [0.717, 1.165) is 26.9 Å². The normalized spacial score (nSPS) is 11.9. The largest absolute Gasteiger partial charge is 0.822 e. The van der Waals surface area contributed by atoms with E-state index in [1.54, 1.807) is 0 Å². The zero-order valence-electron chi connectivity index (χ0n) is 30.8. The maximum atomic E-state index is 8.55. The minimum absolute atomic E-state index is 1.00. The first kappa shape index (κ1) is 59.4. The molecule has 0 N–H and O–H groups in total. The Bertz CT molecular complexity index is 465. The van der Waals surface area contributed by atoms with Crippen LogP contribution in [0.1, 0.15) is 0 Å². The summed E-state index contributed by atoms with van der Waals surface area (Å²) < 4.78 is 23.1. The molecule has 14 nitrogen and oxygen atoms in total. The molecule has 0 bridgehead atoms. The van der Waals surface area contributed by atoms with Crippen LogP contribution in [-0.4, -0.2) is 196 Å². The number of phosphoric acid groups is 2. The Kier molecular flexibility index (Phi) is 36.3. The van der Waals surface area contributed by atoms with Crippen LogP contribution in [0.15, 0.2) is 0 Å². The summed E-state index contributed by atoms with van der Waals surface area (Å²) in [6, 6.07) is 0. The van der Waals surface area contributed by atoms with Gasteiger partial charge in [-0.15, -0.1) is 0 Å². The van der Waals surface area contributed by atoms with Crippen molar-refractivity contribution in [3.8, 4) is 0 Å². The van der Waals surface area contributed by atoms with Crippen LogP contribution < -0.4 is 29.4 Å². The van der Waals surface area contributed by atoms with E-state index in [1.165, 1.54) is 0 Å². The van der Waals surface area contributed by atoms with Crippen molar-refractivity contribution in [1.29, 1.82) is 0 Å². The van der Waals surface area contributed by atoms with Gasteiger partial charge in [0, 0.05) is 0 Å². The summed E-state index contributed by atoms with van der Waals surface area (Å²) in [4.78, 5) is 51.3. The van der Waals surface area contributed by atoms with E-state index in [2.05, 4.69) is 169 Å². The third-order valence-corrected chi connectivity index (χ3v) is 0. The first-order chi connectivity index (χ1) is 16.0. The molecule has 16 heteroatoms. The summed E-state index contributed by atoms with van der Waals surface area (Å²) in [5.74, 6) is 0. The van der Waals surface area contributed by atoms with Gasteiger partial charge in [0.25, 0.3) is 0 Å². The molecule has 0 spiro atoms. The Morgan fingerprint density at radius 2 is 0.250 bits per heavy atom. The summed E-state index contributed by atoms with van der Waals surface area (Å²) in [6.45, 7) is 0. The molecule has 256 valence electrons. The van der Waals surface area contributed by atoms with Crippen LogP contribution in [0.4, 0.5) is 0 Å². The van der Waals surface area contributed by atoms with E-state index in [1.807, 2.05) is 0 Å². The van der Waals surface area contributed by atoms with Gasteiger partial charge in [-0.2, -0.15) is 15.6 Å². The Morgan fingerprint density at radius 1 is 0.250 bits per heavy atom. The van der Waals surface area contributed by atoms with E-state index in [9.17, 15) is 0 Å². The molecule has 0 aromatic rings. The van der Waals surface area contributed by atoms with Gasteiger partial charge in [0.1, 0.15) is 0 Å². The van der Waals surface area contributed by atoms with Gasteiger partial charge < -0.3 is 65.4 Å². The molecule has 0 unspecified atom stereocenters. The number of nitrogens with zero attached hydrogens (tertiary/aromatic N) is 6. The molecular weight excluding hydrogens is 562 g/mol. The Labute approximate surface area is 250 Å². The van der Waals surface area contributed by atoms with Crippen LogP contribution in [0.3, 0.4) is 0 Å². The van der Waals surface area contributed by atoms with Crippen LogP contribution in [0.25, 0.3) is 0 Å². The van der Waals surface area contributed by atoms with Crippen LogP contribution in [0, 0.1) is 0 Å². The molecule has 0 rings (SSSR count). The number of hydrogen-bond donors (Lipinski definition) is 0. The van der Waals surface area contributed by atoms with Crippen molar-refractivity contribution in [2.45, 2.75) is 0 Å². The summed E-state index contributed by atoms with van der Waals surface area (Å²) >= 11 is 0. The molecule has 0 aliphatic rings. The lowest BCUT2D eigenvalue weighted by Crippen LogP contribution is -2.27. The highest BCUT2D eigenvalue weighted by atomic mass is 31.2. The quantitative estimate of drug-likeness (QED) is 0.193. The van der Waals surface area contributed by atoms with Crippen LogP contribution in [0.5, 0.6) is 0 Å². The van der Waals surface area contributed by atoms with Gasteiger partial charge in [0.05, 0.1) is 169 Å². The molecule has 0 aromatic carbocycles. The SMILES string of the molecule is C[N+](C)(C)C.C[N+](C)(C)C.C[N+](C)(C)C.C[N+](C)(C)C.C[N+](C)(C)C.C[N+](C)(C)C.O=P([O-])([O-])[O-].O=P([O-])([O-])[O-]. The van der Waals surface area contributed by atoms with Gasteiger partial charge in [0.2, 0.25) is 0 Å². The van der Waals surface area contributed by atoms with Gasteiger partial charge in [-0.05, 0) is 0 Å². The van der Waals surface area contributed by atoms with Gasteiger partial charge in [-0.1, -0.05) is 0 Å². The Balaban J connectivity index is -0.0000000488. The minimum Gasteiger partial charge on any atom is -0.822 e. The highest BCUT2D eigenvalue weighted by molar-refractivity contribution is 7.40. The van der Waals surface area contributed by atoms with E-state index in [4.69, 9.17) is 38.5 Å². The van der Waals surface area contributed by atoms with Crippen molar-refractivity contribution >= 4 is 15.6 Å². The van der Waals surface area contributed by atoms with Gasteiger partial charge in [-0.3, -0.25) is 0 Å². The van der Waals surface area contributed by atoms with Crippen molar-refractivity contribution in [2.75, 3.05) is 169 Å². The monoisotopic (exact) mass is 634 g/mol. The third-order valence-electron chi connectivity index (χ3n) is 0. The maximum Gasteiger partial charge on any atom is 0.0675 e. The van der Waals surface area contributed by atoms with Gasteiger partial charge in [0.15, 0.2) is 0 Å². The van der Waals surface area contributed by atoms with Crippen LogP contribution >= 0.6 is 15.6 Å². The molecule has 0 saturated heterocycles. The van der Waals surface area contributed by atoms with E-state index in [-0.39, 0.29) is 0 Å². The molecule has 0 saturated carbocycles. The Hall–Kier alpha value is -0.0200. The average Bonchev–Trinajstić information content (AvgIpc) is 2.16. The average molecular weight is 635 g/mol. The fourth-order valence-corrected chi connectivity index (χ4v) is 0. The number of quaternary nitrogens is 6. The number of rotatable bonds is 0. The van der Waals surface area contributed by atoms with E-state index < -0.39 is 15.6 Å². The lowest BCUT2D eigenvalue weighted by atomic mass is 10.8.